The largest absolute Gasteiger partial charge is 0.496 e. The molecule has 0 spiro atoms. The van der Waals surface area contributed by atoms with Crippen molar-refractivity contribution in [3.63, 3.8) is 0 Å². The van der Waals surface area contributed by atoms with Crippen LogP contribution in [0.2, 0.25) is 0 Å². The number of para-hydroxylation sites is 1. The Morgan fingerprint density at radius 2 is 2.12 bits per heavy atom. The molecule has 2 rings (SSSR count). The van der Waals surface area contributed by atoms with E-state index >= 15 is 0 Å². The number of benzene rings is 1. The predicted molar refractivity (Wildman–Crippen MR) is 99.1 cm³/mol. The highest BCUT2D eigenvalue weighted by atomic mass is 32.2. The number of esters is 1. The maximum atomic E-state index is 12.6. The Labute approximate surface area is 153 Å². The minimum Gasteiger partial charge on any atom is -0.496 e. The molecule has 3 atom stereocenters. The van der Waals surface area contributed by atoms with Gasteiger partial charge < -0.3 is 20.1 Å². The average molecular weight is 366 g/mol. The van der Waals surface area contributed by atoms with Gasteiger partial charge >= 0.3 is 5.97 Å². The van der Waals surface area contributed by atoms with Gasteiger partial charge in [-0.05, 0) is 36.5 Å². The summed E-state index contributed by atoms with van der Waals surface area (Å²) < 4.78 is 10.2. The van der Waals surface area contributed by atoms with Gasteiger partial charge in [-0.1, -0.05) is 18.2 Å². The smallest absolute Gasteiger partial charge is 0.328 e. The first-order chi connectivity index (χ1) is 12.1. The molecule has 0 unspecified atom stereocenters. The number of hydrogen-bond acceptors (Lipinski definition) is 6. The van der Waals surface area contributed by atoms with Gasteiger partial charge in [0.15, 0.2) is 0 Å². The highest BCUT2D eigenvalue weighted by Gasteiger charge is 2.33. The third-order valence-electron chi connectivity index (χ3n) is 4.44. The molecule has 1 fully saturated rings. The molecule has 0 aromatic heterocycles. The summed E-state index contributed by atoms with van der Waals surface area (Å²) in [5.74, 6) is 1.26. The highest BCUT2D eigenvalue weighted by Crippen LogP contribution is 2.32. The normalized spacial score (nSPS) is 20.8. The van der Waals surface area contributed by atoms with E-state index in [1.54, 1.807) is 18.9 Å². The summed E-state index contributed by atoms with van der Waals surface area (Å²) in [6, 6.07) is 6.94. The van der Waals surface area contributed by atoms with Crippen molar-refractivity contribution in [3.8, 4) is 5.75 Å². The van der Waals surface area contributed by atoms with E-state index in [1.807, 2.05) is 30.5 Å². The quantitative estimate of drug-likeness (QED) is 0.680. The van der Waals surface area contributed by atoms with E-state index < -0.39 is 12.0 Å². The molecule has 1 amide bonds. The van der Waals surface area contributed by atoms with Crippen molar-refractivity contribution < 1.29 is 19.1 Å². The molecule has 0 radical (unpaired) electrons. The SMILES string of the molecule is COC(=O)[C@H](CCSC)NC(=O)[C@@H]1C[C@H](c2ccccc2OC)CN1. The van der Waals surface area contributed by atoms with Gasteiger partial charge in [-0.2, -0.15) is 11.8 Å². The highest BCUT2D eigenvalue weighted by molar-refractivity contribution is 7.98. The maximum absolute atomic E-state index is 12.6. The van der Waals surface area contributed by atoms with Crippen LogP contribution in [-0.4, -0.2) is 56.7 Å². The minimum absolute atomic E-state index is 0.158. The Morgan fingerprint density at radius 1 is 1.36 bits per heavy atom. The van der Waals surface area contributed by atoms with Crippen molar-refractivity contribution >= 4 is 23.6 Å². The second-order valence-corrected chi connectivity index (χ2v) is 6.99. The molecule has 138 valence electrons. The van der Waals surface area contributed by atoms with Crippen LogP contribution in [0.3, 0.4) is 0 Å². The average Bonchev–Trinajstić information content (AvgIpc) is 3.14. The standard InChI is InChI=1S/C18H26N2O4S/c1-23-16-7-5-4-6-13(16)12-10-15(19-11-12)17(21)20-14(8-9-25-3)18(22)24-2/h4-7,12,14-15,19H,8-11H2,1-3H3,(H,20,21)/t12-,14-,15-/m0/s1. The third-order valence-corrected chi connectivity index (χ3v) is 5.08. The first kappa shape index (κ1) is 19.6. The van der Waals surface area contributed by atoms with E-state index in [0.717, 1.165) is 17.1 Å². The van der Waals surface area contributed by atoms with Gasteiger partial charge in [0.05, 0.1) is 20.3 Å². The number of ether oxygens (including phenoxy) is 2. The van der Waals surface area contributed by atoms with E-state index in [9.17, 15) is 9.59 Å². The zero-order valence-electron chi connectivity index (χ0n) is 14.9. The summed E-state index contributed by atoms with van der Waals surface area (Å²) in [5, 5.41) is 6.07. The predicted octanol–water partition coefficient (Wildman–Crippen LogP) is 1.55. The van der Waals surface area contributed by atoms with Crippen LogP contribution in [0.15, 0.2) is 24.3 Å². The van der Waals surface area contributed by atoms with Crippen LogP contribution in [-0.2, 0) is 14.3 Å². The van der Waals surface area contributed by atoms with Crippen LogP contribution in [0.25, 0.3) is 0 Å². The van der Waals surface area contributed by atoms with Gasteiger partial charge in [0.1, 0.15) is 11.8 Å². The number of thioether (sulfide) groups is 1. The van der Waals surface area contributed by atoms with E-state index in [2.05, 4.69) is 10.6 Å². The molecular formula is C18H26N2O4S. The summed E-state index contributed by atoms with van der Waals surface area (Å²) in [4.78, 5) is 24.4. The first-order valence-electron chi connectivity index (χ1n) is 8.34. The molecular weight excluding hydrogens is 340 g/mol. The molecule has 1 saturated heterocycles. The molecule has 1 aromatic carbocycles. The summed E-state index contributed by atoms with van der Waals surface area (Å²) >= 11 is 1.63. The van der Waals surface area contributed by atoms with E-state index in [0.29, 0.717) is 19.4 Å². The molecule has 1 aliphatic heterocycles. The Hall–Kier alpha value is -1.73. The lowest BCUT2D eigenvalue weighted by Gasteiger charge is -2.19. The van der Waals surface area contributed by atoms with Gasteiger partial charge in [0, 0.05) is 12.5 Å². The lowest BCUT2D eigenvalue weighted by Crippen LogP contribution is -2.48. The number of rotatable bonds is 8. The topological polar surface area (TPSA) is 76.7 Å². The van der Waals surface area contributed by atoms with E-state index in [1.165, 1.54) is 7.11 Å². The molecule has 1 aromatic rings. The third kappa shape index (κ3) is 5.12. The van der Waals surface area contributed by atoms with Crippen LogP contribution < -0.4 is 15.4 Å². The molecule has 0 aliphatic carbocycles. The Morgan fingerprint density at radius 3 is 2.80 bits per heavy atom. The molecule has 25 heavy (non-hydrogen) atoms. The zero-order chi connectivity index (χ0) is 18.2. The molecule has 0 saturated carbocycles. The Bertz CT molecular complexity index is 596. The van der Waals surface area contributed by atoms with Crippen molar-refractivity contribution in [2.45, 2.75) is 30.8 Å². The lowest BCUT2D eigenvalue weighted by atomic mass is 9.95. The van der Waals surface area contributed by atoms with Gasteiger partial charge in [0.2, 0.25) is 5.91 Å². The van der Waals surface area contributed by atoms with Crippen LogP contribution >= 0.6 is 11.8 Å². The zero-order valence-corrected chi connectivity index (χ0v) is 15.7. The lowest BCUT2D eigenvalue weighted by molar-refractivity contribution is -0.145. The minimum atomic E-state index is -0.600. The van der Waals surface area contributed by atoms with Crippen molar-refractivity contribution in [1.82, 2.24) is 10.6 Å². The molecule has 2 N–H and O–H groups in total. The maximum Gasteiger partial charge on any atom is 0.328 e. The summed E-state index contributed by atoms with van der Waals surface area (Å²) in [7, 11) is 2.99. The molecule has 6 nitrogen and oxygen atoms in total. The summed E-state index contributed by atoms with van der Waals surface area (Å²) in [6.07, 6.45) is 3.19. The van der Waals surface area contributed by atoms with Crippen molar-refractivity contribution in [3.05, 3.63) is 29.8 Å². The summed E-state index contributed by atoms with van der Waals surface area (Å²) in [5.41, 5.74) is 1.10. The Kier molecular flexibility index (Phi) is 7.58. The van der Waals surface area contributed by atoms with Gasteiger partial charge in [0.25, 0.3) is 0 Å². The molecule has 7 heteroatoms. The van der Waals surface area contributed by atoms with Gasteiger partial charge in [-0.3, -0.25) is 4.79 Å². The van der Waals surface area contributed by atoms with Gasteiger partial charge in [-0.25, -0.2) is 4.79 Å². The van der Waals surface area contributed by atoms with Crippen molar-refractivity contribution in [1.29, 1.82) is 0 Å². The number of nitrogens with one attached hydrogen (secondary N) is 2. The fourth-order valence-corrected chi connectivity index (χ4v) is 3.55. The number of methoxy groups -OCH3 is 2. The number of amides is 1. The number of carbonyl (C=O) groups excluding carboxylic acids is 2. The van der Waals surface area contributed by atoms with Crippen LogP contribution in [0, 0.1) is 0 Å². The first-order valence-corrected chi connectivity index (χ1v) is 9.73. The van der Waals surface area contributed by atoms with Crippen molar-refractivity contribution in [2.75, 3.05) is 32.8 Å². The summed E-state index contributed by atoms with van der Waals surface area (Å²) in [6.45, 7) is 0.701. The van der Waals surface area contributed by atoms with E-state index in [4.69, 9.17) is 9.47 Å². The fourth-order valence-electron chi connectivity index (χ4n) is 3.08. The van der Waals surface area contributed by atoms with E-state index in [-0.39, 0.29) is 17.9 Å². The second-order valence-electron chi connectivity index (χ2n) is 6.00. The second kappa shape index (κ2) is 9.68. The molecule has 1 heterocycles. The van der Waals surface area contributed by atoms with Crippen molar-refractivity contribution in [2.24, 2.45) is 0 Å². The van der Waals surface area contributed by atoms with Crippen LogP contribution in [0.5, 0.6) is 5.75 Å². The number of carbonyl (C=O) groups is 2. The number of hydrogen-bond donors (Lipinski definition) is 2. The monoisotopic (exact) mass is 366 g/mol. The van der Waals surface area contributed by atoms with Gasteiger partial charge in [-0.15, -0.1) is 0 Å². The van der Waals surface area contributed by atoms with Crippen LogP contribution in [0.1, 0.15) is 24.3 Å². The molecule has 0 bridgehead atoms. The van der Waals surface area contributed by atoms with Crippen LogP contribution in [0.4, 0.5) is 0 Å². The fraction of sp³-hybridized carbons (Fsp3) is 0.556. The Balaban J connectivity index is 1.98. The molecule has 1 aliphatic rings.